The summed E-state index contributed by atoms with van der Waals surface area (Å²) in [5.74, 6) is 1.07. The smallest absolute Gasteiger partial charge is 0.228 e. The van der Waals surface area contributed by atoms with Crippen LogP contribution in [0.1, 0.15) is 42.3 Å². The summed E-state index contributed by atoms with van der Waals surface area (Å²) in [5, 5.41) is 2.03. The van der Waals surface area contributed by atoms with Crippen LogP contribution in [-0.2, 0) is 24.3 Å². The molecule has 0 bridgehead atoms. The highest BCUT2D eigenvalue weighted by Crippen LogP contribution is 2.17. The average Bonchev–Trinajstić information content (AvgIpc) is 3.39. The summed E-state index contributed by atoms with van der Waals surface area (Å²) in [5.41, 5.74) is 2.34. The fraction of sp³-hybridized carbons (Fsp3) is 0.375. The Kier molecular flexibility index (Phi) is 7.94. The molecule has 0 saturated carbocycles. The van der Waals surface area contributed by atoms with Crippen molar-refractivity contribution in [2.45, 2.75) is 45.7 Å². The Labute approximate surface area is 177 Å². The van der Waals surface area contributed by atoms with E-state index in [1.165, 1.54) is 5.56 Å². The Balaban J connectivity index is 1.71. The molecule has 154 valence electrons. The molecule has 0 fully saturated rings. The Morgan fingerprint density at radius 3 is 2.79 bits per heavy atom. The van der Waals surface area contributed by atoms with Gasteiger partial charge in [0.25, 0.3) is 0 Å². The van der Waals surface area contributed by atoms with Gasteiger partial charge in [-0.25, -0.2) is 0 Å². The van der Waals surface area contributed by atoms with Gasteiger partial charge < -0.3 is 14.2 Å². The number of nitrogens with zero attached hydrogens (tertiary/aromatic N) is 2. The predicted octanol–water partition coefficient (Wildman–Crippen LogP) is 5.37. The quantitative estimate of drug-likeness (QED) is 0.398. The summed E-state index contributed by atoms with van der Waals surface area (Å²) >= 11 is 1.65. The molecule has 2 heterocycles. The van der Waals surface area contributed by atoms with Gasteiger partial charge >= 0.3 is 0 Å². The van der Waals surface area contributed by atoms with E-state index in [-0.39, 0.29) is 5.91 Å². The molecule has 0 N–H and O–H groups in total. The minimum atomic E-state index is 0.206. The van der Waals surface area contributed by atoms with Crippen molar-refractivity contribution < 1.29 is 9.53 Å². The summed E-state index contributed by atoms with van der Waals surface area (Å²) in [4.78, 5) is 16.1. The van der Waals surface area contributed by atoms with Gasteiger partial charge in [-0.15, -0.1) is 11.3 Å². The third-order valence-corrected chi connectivity index (χ3v) is 5.93. The van der Waals surface area contributed by atoms with E-state index < -0.39 is 0 Å². The fourth-order valence-corrected chi connectivity index (χ4v) is 4.12. The summed E-state index contributed by atoms with van der Waals surface area (Å²) in [6.07, 6.45) is 5.92. The second-order valence-electron chi connectivity index (χ2n) is 7.26. The van der Waals surface area contributed by atoms with Crippen LogP contribution in [0.15, 0.2) is 60.1 Å². The lowest BCUT2D eigenvalue weighted by Crippen LogP contribution is -2.33. The maximum atomic E-state index is 13.0. The first-order valence-electron chi connectivity index (χ1n) is 10.3. The van der Waals surface area contributed by atoms with Crippen LogP contribution >= 0.6 is 11.3 Å². The van der Waals surface area contributed by atoms with Crippen molar-refractivity contribution in [1.82, 2.24) is 9.47 Å². The number of hydrogen-bond acceptors (Lipinski definition) is 3. The normalized spacial score (nSPS) is 10.8. The molecule has 4 nitrogen and oxygen atoms in total. The van der Waals surface area contributed by atoms with Crippen molar-refractivity contribution in [2.75, 3.05) is 13.7 Å². The Bertz CT molecular complexity index is 886. The predicted molar refractivity (Wildman–Crippen MR) is 119 cm³/mol. The molecule has 3 aromatic rings. The molecule has 1 aromatic carbocycles. The zero-order chi connectivity index (χ0) is 20.5. The zero-order valence-electron chi connectivity index (χ0n) is 17.3. The first kappa shape index (κ1) is 21.2. The number of thiophene rings is 1. The number of amides is 1. The maximum Gasteiger partial charge on any atom is 0.228 e. The van der Waals surface area contributed by atoms with Crippen molar-refractivity contribution in [3.05, 3.63) is 76.2 Å². The highest BCUT2D eigenvalue weighted by Gasteiger charge is 2.16. The molecule has 2 aromatic heterocycles. The topological polar surface area (TPSA) is 34.5 Å². The minimum Gasteiger partial charge on any atom is -0.497 e. The third-order valence-electron chi connectivity index (χ3n) is 5.05. The zero-order valence-corrected chi connectivity index (χ0v) is 18.2. The maximum absolute atomic E-state index is 13.0. The first-order valence-corrected chi connectivity index (χ1v) is 11.1. The molecule has 0 spiro atoms. The molecule has 0 aliphatic heterocycles. The van der Waals surface area contributed by atoms with Crippen LogP contribution in [0.3, 0.4) is 0 Å². The summed E-state index contributed by atoms with van der Waals surface area (Å²) in [7, 11) is 1.69. The van der Waals surface area contributed by atoms with Crippen LogP contribution in [0.4, 0.5) is 0 Å². The highest BCUT2D eigenvalue weighted by atomic mass is 32.1. The van der Waals surface area contributed by atoms with E-state index in [1.807, 2.05) is 34.5 Å². The van der Waals surface area contributed by atoms with Crippen molar-refractivity contribution in [1.29, 1.82) is 0 Å². The average molecular weight is 411 g/mol. The van der Waals surface area contributed by atoms with Gasteiger partial charge in [-0.1, -0.05) is 38.0 Å². The molecule has 0 unspecified atom stereocenters. The van der Waals surface area contributed by atoms with E-state index in [0.717, 1.165) is 48.7 Å². The van der Waals surface area contributed by atoms with Crippen LogP contribution < -0.4 is 4.74 Å². The second kappa shape index (κ2) is 10.9. The Morgan fingerprint density at radius 2 is 2.03 bits per heavy atom. The molecule has 0 atom stereocenters. The molecule has 0 saturated heterocycles. The molecular formula is C24H30N2O2S. The Morgan fingerprint density at radius 1 is 1.14 bits per heavy atom. The van der Waals surface area contributed by atoms with Crippen LogP contribution in [-0.4, -0.2) is 29.0 Å². The fourth-order valence-electron chi connectivity index (χ4n) is 3.43. The van der Waals surface area contributed by atoms with E-state index in [2.05, 4.69) is 42.0 Å². The molecule has 0 aliphatic carbocycles. The largest absolute Gasteiger partial charge is 0.497 e. The van der Waals surface area contributed by atoms with Gasteiger partial charge in [-0.2, -0.15) is 0 Å². The van der Waals surface area contributed by atoms with Crippen molar-refractivity contribution in [3.63, 3.8) is 0 Å². The standard InChI is InChI=1S/C24H30N2O2S/c1-3-4-5-13-26(24(27)17-23-12-8-15-29-23)19-21-10-7-14-25(21)18-20-9-6-11-22(16-20)28-2/h6-12,14-16H,3-5,13,17-19H2,1-2H3. The summed E-state index contributed by atoms with van der Waals surface area (Å²) in [6.45, 7) is 4.41. The van der Waals surface area contributed by atoms with E-state index in [9.17, 15) is 4.79 Å². The third kappa shape index (κ3) is 6.23. The number of methoxy groups -OCH3 is 1. The molecule has 3 rings (SSSR count). The van der Waals surface area contributed by atoms with Crippen LogP contribution in [0.2, 0.25) is 0 Å². The lowest BCUT2D eigenvalue weighted by molar-refractivity contribution is -0.131. The van der Waals surface area contributed by atoms with Gasteiger partial charge in [-0.3, -0.25) is 4.79 Å². The van der Waals surface area contributed by atoms with Crippen molar-refractivity contribution in [2.24, 2.45) is 0 Å². The van der Waals surface area contributed by atoms with Crippen molar-refractivity contribution >= 4 is 17.2 Å². The molecule has 0 aliphatic rings. The lowest BCUT2D eigenvalue weighted by Gasteiger charge is -2.24. The number of unbranched alkanes of at least 4 members (excludes halogenated alkanes) is 2. The summed E-state index contributed by atoms with van der Waals surface area (Å²) < 4.78 is 7.57. The van der Waals surface area contributed by atoms with E-state index >= 15 is 0 Å². The van der Waals surface area contributed by atoms with E-state index in [0.29, 0.717) is 13.0 Å². The number of carbonyl (C=O) groups excluding carboxylic acids is 1. The minimum absolute atomic E-state index is 0.206. The molecule has 29 heavy (non-hydrogen) atoms. The van der Waals surface area contributed by atoms with E-state index in [1.54, 1.807) is 18.4 Å². The first-order chi connectivity index (χ1) is 14.2. The van der Waals surface area contributed by atoms with Crippen LogP contribution in [0, 0.1) is 0 Å². The van der Waals surface area contributed by atoms with Gasteiger partial charge in [0.05, 0.1) is 20.1 Å². The van der Waals surface area contributed by atoms with Gasteiger partial charge in [0.15, 0.2) is 0 Å². The molecule has 5 heteroatoms. The van der Waals surface area contributed by atoms with E-state index in [4.69, 9.17) is 4.74 Å². The molecular weight excluding hydrogens is 380 g/mol. The van der Waals surface area contributed by atoms with Crippen molar-refractivity contribution in [3.8, 4) is 5.75 Å². The molecule has 1 amide bonds. The number of benzene rings is 1. The SMILES string of the molecule is CCCCCN(Cc1cccn1Cc1cccc(OC)c1)C(=O)Cc1cccs1. The van der Waals surface area contributed by atoms with Gasteiger partial charge in [-0.05, 0) is 47.7 Å². The molecule has 0 radical (unpaired) electrons. The number of rotatable bonds is 11. The number of ether oxygens (including phenoxy) is 1. The van der Waals surface area contributed by atoms with Gasteiger partial charge in [0.1, 0.15) is 5.75 Å². The second-order valence-corrected chi connectivity index (χ2v) is 8.29. The Hall–Kier alpha value is -2.53. The highest BCUT2D eigenvalue weighted by molar-refractivity contribution is 7.10. The summed E-state index contributed by atoms with van der Waals surface area (Å²) in [6, 6.07) is 16.4. The van der Waals surface area contributed by atoms with Crippen LogP contribution in [0.25, 0.3) is 0 Å². The lowest BCUT2D eigenvalue weighted by atomic mass is 10.2. The van der Waals surface area contributed by atoms with Gasteiger partial charge in [0, 0.05) is 29.9 Å². The number of aromatic nitrogens is 1. The number of hydrogen-bond donors (Lipinski definition) is 0. The number of carbonyl (C=O) groups is 1. The van der Waals surface area contributed by atoms with Crippen LogP contribution in [0.5, 0.6) is 5.75 Å². The van der Waals surface area contributed by atoms with Gasteiger partial charge in [0.2, 0.25) is 5.91 Å². The monoisotopic (exact) mass is 410 g/mol.